The molecule has 0 fully saturated rings. The lowest BCUT2D eigenvalue weighted by Crippen LogP contribution is -2.32. The van der Waals surface area contributed by atoms with Crippen LogP contribution in [0.25, 0.3) is 0 Å². The van der Waals surface area contributed by atoms with Crippen LogP contribution >= 0.6 is 11.6 Å². The van der Waals surface area contributed by atoms with E-state index in [-0.39, 0.29) is 21.8 Å². The minimum atomic E-state index is -1.28. The summed E-state index contributed by atoms with van der Waals surface area (Å²) in [4.78, 5) is 23.9. The number of aromatic nitrogens is 2. The molecule has 1 amide bonds. The molecule has 24 heavy (non-hydrogen) atoms. The lowest BCUT2D eigenvalue weighted by atomic mass is 10.1. The highest BCUT2D eigenvalue weighted by Crippen LogP contribution is 2.25. The average molecular weight is 349 g/mol. The Bertz CT molecular complexity index is 840. The van der Waals surface area contributed by atoms with Crippen LogP contribution in [0.3, 0.4) is 0 Å². The van der Waals surface area contributed by atoms with Gasteiger partial charge in [0.05, 0.1) is 6.07 Å². The summed E-state index contributed by atoms with van der Waals surface area (Å²) in [6, 6.07) is 6.97. The Morgan fingerprint density at radius 2 is 2.21 bits per heavy atom. The van der Waals surface area contributed by atoms with E-state index in [0.717, 1.165) is 10.7 Å². The highest BCUT2D eigenvalue weighted by atomic mass is 35.5. The third-order valence-electron chi connectivity index (χ3n) is 3.23. The molecule has 0 aliphatic rings. The van der Waals surface area contributed by atoms with Crippen LogP contribution in [0.4, 0.5) is 4.39 Å². The highest BCUT2D eigenvalue weighted by Gasteiger charge is 2.22. The van der Waals surface area contributed by atoms with E-state index >= 15 is 0 Å². The summed E-state index contributed by atoms with van der Waals surface area (Å²) in [5.74, 6) is -1.40. The molecular formula is C16H14ClFN4O2. The van der Waals surface area contributed by atoms with Crippen LogP contribution in [0.5, 0.6) is 0 Å². The number of hydrogen-bond acceptors (Lipinski definition) is 4. The molecule has 1 N–H and O–H groups in total. The Morgan fingerprint density at radius 3 is 2.83 bits per heavy atom. The van der Waals surface area contributed by atoms with Gasteiger partial charge in [-0.3, -0.25) is 9.59 Å². The van der Waals surface area contributed by atoms with Crippen LogP contribution in [-0.4, -0.2) is 15.7 Å². The zero-order chi connectivity index (χ0) is 17.7. The molecule has 0 aliphatic heterocycles. The Kier molecular flexibility index (Phi) is 5.66. The molecule has 0 saturated heterocycles. The van der Waals surface area contributed by atoms with Crippen molar-refractivity contribution in [3.8, 4) is 6.07 Å². The van der Waals surface area contributed by atoms with Gasteiger partial charge < -0.3 is 5.32 Å². The fourth-order valence-electron chi connectivity index (χ4n) is 2.10. The molecule has 0 aliphatic carbocycles. The molecule has 8 heteroatoms. The van der Waals surface area contributed by atoms with Crippen LogP contribution in [-0.2, 0) is 6.54 Å². The van der Waals surface area contributed by atoms with E-state index in [1.165, 1.54) is 24.3 Å². The maximum absolute atomic E-state index is 13.9. The largest absolute Gasteiger partial charge is 0.331 e. The van der Waals surface area contributed by atoms with Gasteiger partial charge in [-0.1, -0.05) is 24.6 Å². The average Bonchev–Trinajstić information content (AvgIpc) is 2.55. The lowest BCUT2D eigenvalue weighted by Gasteiger charge is -2.14. The molecule has 6 nitrogen and oxygen atoms in total. The van der Waals surface area contributed by atoms with Crippen LogP contribution < -0.4 is 10.9 Å². The number of nitrogens with one attached hydrogen (secondary N) is 1. The molecule has 0 bridgehead atoms. The monoisotopic (exact) mass is 348 g/mol. The van der Waals surface area contributed by atoms with Crippen LogP contribution in [0.2, 0.25) is 5.02 Å². The molecule has 1 atom stereocenters. The number of halogens is 2. The summed E-state index contributed by atoms with van der Waals surface area (Å²) in [5, 5.41) is 15.6. The van der Waals surface area contributed by atoms with Gasteiger partial charge in [0, 0.05) is 23.2 Å². The number of nitriles is 1. The smallest absolute Gasteiger partial charge is 0.273 e. The number of nitrogens with zero attached hydrogens (tertiary/aromatic N) is 3. The number of rotatable bonds is 5. The topological polar surface area (TPSA) is 87.8 Å². The van der Waals surface area contributed by atoms with E-state index < -0.39 is 17.8 Å². The summed E-state index contributed by atoms with van der Waals surface area (Å²) < 4.78 is 15.1. The molecule has 1 heterocycles. The van der Waals surface area contributed by atoms with Crippen LogP contribution in [0.15, 0.2) is 35.1 Å². The first-order chi connectivity index (χ1) is 11.5. The van der Waals surface area contributed by atoms with Crippen molar-refractivity contribution in [3.05, 3.63) is 62.8 Å². The predicted octanol–water partition coefficient (Wildman–Crippen LogP) is 2.44. The van der Waals surface area contributed by atoms with Gasteiger partial charge in [-0.05, 0) is 24.6 Å². The molecule has 0 saturated carbocycles. The third-order valence-corrected chi connectivity index (χ3v) is 3.56. The van der Waals surface area contributed by atoms with E-state index in [2.05, 4.69) is 10.4 Å². The molecule has 1 aromatic carbocycles. The second-order valence-corrected chi connectivity index (χ2v) is 5.36. The first-order valence-electron chi connectivity index (χ1n) is 7.20. The van der Waals surface area contributed by atoms with Crippen molar-refractivity contribution in [2.24, 2.45) is 0 Å². The minimum absolute atomic E-state index is 0.0331. The Labute approximate surface area is 142 Å². The molecule has 1 unspecified atom stereocenters. The number of hydrogen-bond donors (Lipinski definition) is 1. The van der Waals surface area contributed by atoms with E-state index in [9.17, 15) is 19.2 Å². The van der Waals surface area contributed by atoms with Crippen molar-refractivity contribution in [1.82, 2.24) is 15.1 Å². The predicted molar refractivity (Wildman–Crippen MR) is 86.0 cm³/mol. The maximum atomic E-state index is 13.9. The van der Waals surface area contributed by atoms with E-state index in [1.54, 1.807) is 6.07 Å². The number of carbonyl (C=O) groups is 1. The molecule has 2 rings (SSSR count). The fourth-order valence-corrected chi connectivity index (χ4v) is 2.37. The summed E-state index contributed by atoms with van der Waals surface area (Å²) in [7, 11) is 0. The van der Waals surface area contributed by atoms with Gasteiger partial charge in [0.15, 0.2) is 0 Å². The summed E-state index contributed by atoms with van der Waals surface area (Å²) in [5.41, 5.74) is -0.491. The van der Waals surface area contributed by atoms with Gasteiger partial charge in [0.1, 0.15) is 17.6 Å². The van der Waals surface area contributed by atoms with E-state index in [4.69, 9.17) is 11.6 Å². The first kappa shape index (κ1) is 17.6. The van der Waals surface area contributed by atoms with Gasteiger partial charge in [0.2, 0.25) is 0 Å². The third kappa shape index (κ3) is 3.78. The number of amides is 1. The van der Waals surface area contributed by atoms with Gasteiger partial charge >= 0.3 is 0 Å². The van der Waals surface area contributed by atoms with Gasteiger partial charge in [-0.15, -0.1) is 0 Å². The standard InChI is InChI=1S/C16H14ClFN4O2/c1-2-8-22-14(23)7-6-12(21-22)16(24)20-13(9-19)15-10(17)4-3-5-11(15)18/h3-7,13H,2,8H2,1H3,(H,20,24). The van der Waals surface area contributed by atoms with Crippen molar-refractivity contribution >= 4 is 17.5 Å². The SMILES string of the molecule is CCCn1nc(C(=O)NC(C#N)c2c(F)cccc2Cl)ccc1=O. The summed E-state index contributed by atoms with van der Waals surface area (Å²) in [6.45, 7) is 2.23. The number of aryl methyl sites for hydroxylation is 1. The second kappa shape index (κ2) is 7.70. The molecule has 124 valence electrons. The van der Waals surface area contributed by atoms with E-state index in [1.807, 2.05) is 6.92 Å². The zero-order valence-corrected chi connectivity index (χ0v) is 13.5. The zero-order valence-electron chi connectivity index (χ0n) is 12.8. The molecular weight excluding hydrogens is 335 g/mol. The Morgan fingerprint density at radius 1 is 1.46 bits per heavy atom. The van der Waals surface area contributed by atoms with E-state index in [0.29, 0.717) is 13.0 Å². The lowest BCUT2D eigenvalue weighted by molar-refractivity contribution is 0.0937. The van der Waals surface area contributed by atoms with Gasteiger partial charge in [-0.25, -0.2) is 9.07 Å². The summed E-state index contributed by atoms with van der Waals surface area (Å²) in [6.07, 6.45) is 0.670. The molecule has 0 spiro atoms. The van der Waals surface area contributed by atoms with Gasteiger partial charge in [-0.2, -0.15) is 10.4 Å². The first-order valence-corrected chi connectivity index (χ1v) is 7.58. The molecule has 1 aromatic heterocycles. The van der Waals surface area contributed by atoms with Crippen molar-refractivity contribution in [1.29, 1.82) is 5.26 Å². The van der Waals surface area contributed by atoms with Crippen molar-refractivity contribution in [3.63, 3.8) is 0 Å². The maximum Gasteiger partial charge on any atom is 0.273 e. The van der Waals surface area contributed by atoms with Crippen LogP contribution in [0.1, 0.15) is 35.4 Å². The minimum Gasteiger partial charge on any atom is -0.331 e. The number of benzene rings is 1. The van der Waals surface area contributed by atoms with Crippen molar-refractivity contribution in [2.45, 2.75) is 25.9 Å². The fraction of sp³-hybridized carbons (Fsp3) is 0.250. The highest BCUT2D eigenvalue weighted by molar-refractivity contribution is 6.31. The molecule has 0 radical (unpaired) electrons. The van der Waals surface area contributed by atoms with Crippen LogP contribution in [0, 0.1) is 17.1 Å². The second-order valence-electron chi connectivity index (χ2n) is 4.95. The molecule has 2 aromatic rings. The number of carbonyl (C=O) groups excluding carboxylic acids is 1. The Hall–Kier alpha value is -2.72. The van der Waals surface area contributed by atoms with Crippen molar-refractivity contribution in [2.75, 3.05) is 0 Å². The Balaban J connectivity index is 2.29. The quantitative estimate of drug-likeness (QED) is 0.898. The summed E-state index contributed by atoms with van der Waals surface area (Å²) >= 11 is 5.92. The van der Waals surface area contributed by atoms with Crippen molar-refractivity contribution < 1.29 is 9.18 Å². The van der Waals surface area contributed by atoms with Gasteiger partial charge in [0.25, 0.3) is 11.5 Å². The normalized spacial score (nSPS) is 11.6.